The molecule has 0 bridgehead atoms. The van der Waals surface area contributed by atoms with Gasteiger partial charge in [-0.1, -0.05) is 32.4 Å². The molecule has 0 saturated carbocycles. The van der Waals surface area contributed by atoms with Crippen LogP contribution in [0.1, 0.15) is 39.2 Å². The lowest BCUT2D eigenvalue weighted by Crippen LogP contribution is -2.46. The van der Waals surface area contributed by atoms with E-state index >= 15 is 0 Å². The monoisotopic (exact) mass is 402 g/mol. The molecule has 0 unspecified atom stereocenters. The van der Waals surface area contributed by atoms with Crippen molar-refractivity contribution in [3.05, 3.63) is 47.2 Å². The largest absolute Gasteiger partial charge is 0.352 e. The Kier molecular flexibility index (Phi) is 6.08. The van der Waals surface area contributed by atoms with Crippen molar-refractivity contribution in [2.45, 2.75) is 40.2 Å². The number of nitrogens with zero attached hydrogens (tertiary/aromatic N) is 3. The molecule has 2 amide bonds. The maximum Gasteiger partial charge on any atom is 0.227 e. The van der Waals surface area contributed by atoms with Gasteiger partial charge in [-0.3, -0.25) is 9.59 Å². The van der Waals surface area contributed by atoms with Crippen LogP contribution in [0.3, 0.4) is 0 Å². The van der Waals surface area contributed by atoms with Crippen LogP contribution in [-0.2, 0) is 16.1 Å². The van der Waals surface area contributed by atoms with Gasteiger partial charge < -0.3 is 10.2 Å². The van der Waals surface area contributed by atoms with Crippen LogP contribution in [0, 0.1) is 11.3 Å². The standard InChI is InChI=1S/C21H27ClN4O2/c1-21(2,3)20(28)25-10-8-16(9-11-25)19(27)23-12-15-13-24-26(14-15)18-6-4-17(22)5-7-18/h4-7,13-14,16H,8-12H2,1-3H3,(H,23,27). The summed E-state index contributed by atoms with van der Waals surface area (Å²) in [5.74, 6) is 0.151. The molecule has 1 aliphatic rings. The van der Waals surface area contributed by atoms with Crippen molar-refractivity contribution in [3.8, 4) is 5.69 Å². The molecule has 7 heteroatoms. The Morgan fingerprint density at radius 3 is 2.43 bits per heavy atom. The zero-order valence-corrected chi connectivity index (χ0v) is 17.4. The molecule has 3 rings (SSSR count). The molecular weight excluding hydrogens is 376 g/mol. The van der Waals surface area contributed by atoms with Gasteiger partial charge in [0.2, 0.25) is 11.8 Å². The predicted molar refractivity (Wildman–Crippen MR) is 109 cm³/mol. The van der Waals surface area contributed by atoms with Crippen molar-refractivity contribution in [1.82, 2.24) is 20.0 Å². The van der Waals surface area contributed by atoms with Gasteiger partial charge >= 0.3 is 0 Å². The Bertz CT molecular complexity index is 831. The maximum atomic E-state index is 12.5. The first-order valence-corrected chi connectivity index (χ1v) is 9.98. The van der Waals surface area contributed by atoms with Crippen LogP contribution in [0.15, 0.2) is 36.7 Å². The summed E-state index contributed by atoms with van der Waals surface area (Å²) in [5, 5.41) is 8.02. The third-order valence-electron chi connectivity index (χ3n) is 4.99. The van der Waals surface area contributed by atoms with Gasteiger partial charge in [0.15, 0.2) is 0 Å². The fraction of sp³-hybridized carbons (Fsp3) is 0.476. The van der Waals surface area contributed by atoms with Crippen LogP contribution in [0.4, 0.5) is 0 Å². The molecule has 2 heterocycles. The van der Waals surface area contributed by atoms with Gasteiger partial charge in [-0.15, -0.1) is 0 Å². The molecule has 150 valence electrons. The number of amides is 2. The summed E-state index contributed by atoms with van der Waals surface area (Å²) in [5.41, 5.74) is 1.47. The molecule has 1 aromatic heterocycles. The SMILES string of the molecule is CC(C)(C)C(=O)N1CCC(C(=O)NCc2cnn(-c3ccc(Cl)cc3)c2)CC1. The quantitative estimate of drug-likeness (QED) is 0.851. The van der Waals surface area contributed by atoms with E-state index in [1.54, 1.807) is 10.9 Å². The van der Waals surface area contributed by atoms with Crippen molar-refractivity contribution < 1.29 is 9.59 Å². The normalized spacial score (nSPS) is 15.5. The number of nitrogens with one attached hydrogen (secondary N) is 1. The first kappa shape index (κ1) is 20.4. The Morgan fingerprint density at radius 2 is 1.82 bits per heavy atom. The highest BCUT2D eigenvalue weighted by atomic mass is 35.5. The summed E-state index contributed by atoms with van der Waals surface area (Å²) in [7, 11) is 0. The molecule has 1 saturated heterocycles. The summed E-state index contributed by atoms with van der Waals surface area (Å²) in [6, 6.07) is 7.42. The molecule has 28 heavy (non-hydrogen) atoms. The molecule has 2 aromatic rings. The van der Waals surface area contributed by atoms with Gasteiger partial charge in [-0.25, -0.2) is 4.68 Å². The number of carbonyl (C=O) groups excluding carboxylic acids is 2. The van der Waals surface area contributed by atoms with Gasteiger partial charge in [0.25, 0.3) is 0 Å². The summed E-state index contributed by atoms with van der Waals surface area (Å²) >= 11 is 5.91. The number of carbonyl (C=O) groups is 2. The smallest absolute Gasteiger partial charge is 0.227 e. The Hall–Kier alpha value is -2.34. The third kappa shape index (κ3) is 4.93. The number of piperidine rings is 1. The number of rotatable bonds is 4. The van der Waals surface area contributed by atoms with E-state index in [0.717, 1.165) is 11.3 Å². The van der Waals surface area contributed by atoms with Crippen LogP contribution in [0.2, 0.25) is 5.02 Å². The van der Waals surface area contributed by atoms with Crippen LogP contribution in [0.5, 0.6) is 0 Å². The van der Waals surface area contributed by atoms with Gasteiger partial charge in [-0.2, -0.15) is 5.10 Å². The Labute approximate surface area is 170 Å². The highest BCUT2D eigenvalue weighted by Crippen LogP contribution is 2.23. The summed E-state index contributed by atoms with van der Waals surface area (Å²) in [6.07, 6.45) is 5.06. The van der Waals surface area contributed by atoms with Gasteiger partial charge in [0.05, 0.1) is 11.9 Å². The Balaban J connectivity index is 1.49. The number of likely N-dealkylation sites (tertiary alicyclic amines) is 1. The van der Waals surface area contributed by atoms with Crippen molar-refractivity contribution in [2.24, 2.45) is 11.3 Å². The molecule has 1 aromatic carbocycles. The van der Waals surface area contributed by atoms with Crippen LogP contribution in [-0.4, -0.2) is 39.6 Å². The summed E-state index contributed by atoms with van der Waals surface area (Å²) in [6.45, 7) is 7.51. The highest BCUT2D eigenvalue weighted by molar-refractivity contribution is 6.30. The molecule has 1 N–H and O–H groups in total. The number of aromatic nitrogens is 2. The summed E-state index contributed by atoms with van der Waals surface area (Å²) in [4.78, 5) is 26.7. The first-order valence-electron chi connectivity index (χ1n) is 9.60. The second-order valence-electron chi connectivity index (χ2n) is 8.30. The van der Waals surface area contributed by atoms with E-state index in [0.29, 0.717) is 37.5 Å². The molecule has 0 atom stereocenters. The maximum absolute atomic E-state index is 12.5. The highest BCUT2D eigenvalue weighted by Gasteiger charge is 2.32. The summed E-state index contributed by atoms with van der Waals surface area (Å²) < 4.78 is 1.76. The number of hydrogen-bond donors (Lipinski definition) is 1. The molecule has 0 spiro atoms. The van der Waals surface area contributed by atoms with Crippen molar-refractivity contribution in [1.29, 1.82) is 0 Å². The van der Waals surface area contributed by atoms with Gasteiger partial charge in [0.1, 0.15) is 0 Å². The Morgan fingerprint density at radius 1 is 1.18 bits per heavy atom. The lowest BCUT2D eigenvalue weighted by atomic mass is 9.90. The molecular formula is C21H27ClN4O2. The molecule has 0 aliphatic carbocycles. The second kappa shape index (κ2) is 8.35. The van der Waals surface area contributed by atoms with Crippen molar-refractivity contribution in [2.75, 3.05) is 13.1 Å². The average molecular weight is 403 g/mol. The predicted octanol–water partition coefficient (Wildman–Crippen LogP) is 3.43. The van der Waals surface area contributed by atoms with Crippen molar-refractivity contribution >= 4 is 23.4 Å². The van der Waals surface area contributed by atoms with E-state index in [4.69, 9.17) is 11.6 Å². The molecule has 0 radical (unpaired) electrons. The first-order chi connectivity index (χ1) is 13.2. The van der Waals surface area contributed by atoms with E-state index in [-0.39, 0.29) is 23.1 Å². The van der Waals surface area contributed by atoms with Crippen molar-refractivity contribution in [3.63, 3.8) is 0 Å². The topological polar surface area (TPSA) is 67.2 Å². The van der Waals surface area contributed by atoms with Gasteiger partial charge in [0, 0.05) is 47.8 Å². The number of benzene rings is 1. The minimum atomic E-state index is -0.376. The molecule has 1 aliphatic heterocycles. The van der Waals surface area contributed by atoms with Crippen LogP contribution < -0.4 is 5.32 Å². The van der Waals surface area contributed by atoms with E-state index in [9.17, 15) is 9.59 Å². The van der Waals surface area contributed by atoms with E-state index in [1.807, 2.05) is 56.1 Å². The molecule has 1 fully saturated rings. The van der Waals surface area contributed by atoms with Crippen LogP contribution in [0.25, 0.3) is 5.69 Å². The lowest BCUT2D eigenvalue weighted by Gasteiger charge is -2.35. The van der Waals surface area contributed by atoms with Gasteiger partial charge in [-0.05, 0) is 37.1 Å². The zero-order chi connectivity index (χ0) is 20.3. The van der Waals surface area contributed by atoms with E-state index in [2.05, 4.69) is 10.4 Å². The minimum Gasteiger partial charge on any atom is -0.352 e. The second-order valence-corrected chi connectivity index (χ2v) is 8.74. The van der Waals surface area contributed by atoms with Crippen LogP contribution >= 0.6 is 11.6 Å². The fourth-order valence-electron chi connectivity index (χ4n) is 3.34. The van der Waals surface area contributed by atoms with E-state index < -0.39 is 0 Å². The fourth-order valence-corrected chi connectivity index (χ4v) is 3.47. The lowest BCUT2D eigenvalue weighted by molar-refractivity contribution is -0.142. The number of hydrogen-bond acceptors (Lipinski definition) is 3. The van der Waals surface area contributed by atoms with E-state index in [1.165, 1.54) is 0 Å². The minimum absolute atomic E-state index is 0.0436. The average Bonchev–Trinajstić information content (AvgIpc) is 3.14. The molecule has 6 nitrogen and oxygen atoms in total. The zero-order valence-electron chi connectivity index (χ0n) is 16.6. The third-order valence-corrected chi connectivity index (χ3v) is 5.24. The number of halogens is 1.